The first-order valence-corrected chi connectivity index (χ1v) is 9.26. The zero-order chi connectivity index (χ0) is 19.0. The van der Waals surface area contributed by atoms with Gasteiger partial charge in [0.15, 0.2) is 0 Å². The summed E-state index contributed by atoms with van der Waals surface area (Å²) in [5.74, 6) is 1.34. The molecule has 0 bridgehead atoms. The maximum absolute atomic E-state index is 11.8. The molecule has 0 saturated heterocycles. The van der Waals surface area contributed by atoms with Gasteiger partial charge in [0.2, 0.25) is 0 Å². The van der Waals surface area contributed by atoms with Crippen molar-refractivity contribution in [1.29, 1.82) is 0 Å². The Labute approximate surface area is 160 Å². The summed E-state index contributed by atoms with van der Waals surface area (Å²) in [4.78, 5) is 11.8. The number of carbonyl (C=O) groups excluding carboxylic acids is 1. The molecular formula is C21H26ClNO3. The Morgan fingerprint density at radius 1 is 1.12 bits per heavy atom. The third-order valence-corrected chi connectivity index (χ3v) is 3.77. The first kappa shape index (κ1) is 20.1. The standard InChI is InChI=1S/C21H26ClNO3/c1-21(2,3)26-20(24)23-15-16-10-11-18(17-8-5-4-6-9-17)19(14-16)25-13-7-12-22/h4-6,8-11,14H,7,12-13,15H2,1-3H3,(H,23,24). The van der Waals surface area contributed by atoms with E-state index < -0.39 is 11.7 Å². The number of hydrogen-bond acceptors (Lipinski definition) is 3. The maximum atomic E-state index is 11.8. The molecule has 0 fully saturated rings. The lowest BCUT2D eigenvalue weighted by atomic mass is 10.0. The number of halogens is 1. The number of alkyl carbamates (subject to hydrolysis) is 1. The highest BCUT2D eigenvalue weighted by molar-refractivity contribution is 6.17. The molecule has 26 heavy (non-hydrogen) atoms. The summed E-state index contributed by atoms with van der Waals surface area (Å²) in [6, 6.07) is 16.0. The summed E-state index contributed by atoms with van der Waals surface area (Å²) in [7, 11) is 0. The van der Waals surface area contributed by atoms with Gasteiger partial charge < -0.3 is 14.8 Å². The molecule has 0 atom stereocenters. The van der Waals surface area contributed by atoms with Crippen molar-refractivity contribution < 1.29 is 14.3 Å². The number of alkyl halides is 1. The van der Waals surface area contributed by atoms with Gasteiger partial charge in [0, 0.05) is 18.0 Å². The molecule has 4 nitrogen and oxygen atoms in total. The second-order valence-electron chi connectivity index (χ2n) is 6.94. The van der Waals surface area contributed by atoms with Crippen LogP contribution >= 0.6 is 11.6 Å². The smallest absolute Gasteiger partial charge is 0.407 e. The van der Waals surface area contributed by atoms with Gasteiger partial charge in [-0.05, 0) is 44.4 Å². The Balaban J connectivity index is 2.13. The van der Waals surface area contributed by atoms with Gasteiger partial charge in [-0.3, -0.25) is 0 Å². The third kappa shape index (κ3) is 6.60. The maximum Gasteiger partial charge on any atom is 0.407 e. The second-order valence-corrected chi connectivity index (χ2v) is 7.32. The highest BCUT2D eigenvalue weighted by atomic mass is 35.5. The van der Waals surface area contributed by atoms with Crippen LogP contribution in [0.2, 0.25) is 0 Å². The van der Waals surface area contributed by atoms with Crippen molar-refractivity contribution in [2.24, 2.45) is 0 Å². The van der Waals surface area contributed by atoms with Crippen molar-refractivity contribution in [3.63, 3.8) is 0 Å². The van der Waals surface area contributed by atoms with Crippen LogP contribution in [-0.2, 0) is 11.3 Å². The van der Waals surface area contributed by atoms with Crippen LogP contribution in [0, 0.1) is 0 Å². The van der Waals surface area contributed by atoms with Gasteiger partial charge in [0.1, 0.15) is 11.4 Å². The molecule has 0 radical (unpaired) electrons. The topological polar surface area (TPSA) is 47.6 Å². The van der Waals surface area contributed by atoms with Gasteiger partial charge in [0.25, 0.3) is 0 Å². The van der Waals surface area contributed by atoms with Gasteiger partial charge in [0.05, 0.1) is 6.61 Å². The van der Waals surface area contributed by atoms with E-state index in [4.69, 9.17) is 21.1 Å². The van der Waals surface area contributed by atoms with E-state index in [9.17, 15) is 4.79 Å². The van der Waals surface area contributed by atoms with Gasteiger partial charge in [-0.2, -0.15) is 0 Å². The van der Waals surface area contributed by atoms with E-state index in [2.05, 4.69) is 5.32 Å². The van der Waals surface area contributed by atoms with Gasteiger partial charge in [-0.15, -0.1) is 11.6 Å². The third-order valence-electron chi connectivity index (χ3n) is 3.50. The van der Waals surface area contributed by atoms with Crippen molar-refractivity contribution in [3.05, 3.63) is 54.1 Å². The molecule has 0 aliphatic carbocycles. The van der Waals surface area contributed by atoms with Crippen molar-refractivity contribution >= 4 is 17.7 Å². The summed E-state index contributed by atoms with van der Waals surface area (Å²) in [6.45, 7) is 6.43. The van der Waals surface area contributed by atoms with E-state index in [1.54, 1.807) is 0 Å². The highest BCUT2D eigenvalue weighted by Gasteiger charge is 2.16. The van der Waals surface area contributed by atoms with Crippen molar-refractivity contribution in [2.75, 3.05) is 12.5 Å². The highest BCUT2D eigenvalue weighted by Crippen LogP contribution is 2.31. The van der Waals surface area contributed by atoms with Crippen LogP contribution in [0.15, 0.2) is 48.5 Å². The van der Waals surface area contributed by atoms with Crippen LogP contribution in [0.4, 0.5) is 4.79 Å². The fourth-order valence-electron chi connectivity index (χ4n) is 2.38. The van der Waals surface area contributed by atoms with E-state index in [1.165, 1.54) is 0 Å². The molecule has 0 unspecified atom stereocenters. The number of benzene rings is 2. The minimum atomic E-state index is -0.517. The van der Waals surface area contributed by atoms with Crippen molar-refractivity contribution in [3.8, 4) is 16.9 Å². The molecule has 1 N–H and O–H groups in total. The monoisotopic (exact) mass is 375 g/mol. The Bertz CT molecular complexity index is 711. The van der Waals surface area contributed by atoms with Crippen molar-refractivity contribution in [1.82, 2.24) is 5.32 Å². The summed E-state index contributed by atoms with van der Waals surface area (Å²) in [5.41, 5.74) is 2.52. The quantitative estimate of drug-likeness (QED) is 0.521. The molecule has 0 aromatic heterocycles. The lowest BCUT2D eigenvalue weighted by Gasteiger charge is -2.20. The number of ether oxygens (including phenoxy) is 2. The van der Waals surface area contributed by atoms with Crippen LogP contribution in [0.5, 0.6) is 5.75 Å². The van der Waals surface area contributed by atoms with Gasteiger partial charge in [-0.25, -0.2) is 4.79 Å². The summed E-state index contributed by atoms with van der Waals surface area (Å²) in [6.07, 6.45) is 0.338. The molecule has 5 heteroatoms. The predicted molar refractivity (Wildman–Crippen MR) is 106 cm³/mol. The molecule has 0 aliphatic heterocycles. The number of carbonyl (C=O) groups is 1. The fourth-order valence-corrected chi connectivity index (χ4v) is 2.49. The number of hydrogen-bond donors (Lipinski definition) is 1. The van der Waals surface area contributed by atoms with E-state index in [0.717, 1.165) is 28.9 Å². The van der Waals surface area contributed by atoms with E-state index >= 15 is 0 Å². The Morgan fingerprint density at radius 2 is 1.85 bits per heavy atom. The fraction of sp³-hybridized carbons (Fsp3) is 0.381. The van der Waals surface area contributed by atoms with Crippen LogP contribution in [-0.4, -0.2) is 24.2 Å². The van der Waals surface area contributed by atoms with Crippen LogP contribution in [0.3, 0.4) is 0 Å². The second kappa shape index (κ2) is 9.48. The Hall–Kier alpha value is -2.20. The number of nitrogens with one attached hydrogen (secondary N) is 1. The van der Waals surface area contributed by atoms with Gasteiger partial charge >= 0.3 is 6.09 Å². The normalized spacial score (nSPS) is 11.1. The molecule has 2 aromatic rings. The van der Waals surface area contributed by atoms with Crippen LogP contribution in [0.25, 0.3) is 11.1 Å². The number of amides is 1. The van der Waals surface area contributed by atoms with E-state index in [-0.39, 0.29) is 0 Å². The SMILES string of the molecule is CC(C)(C)OC(=O)NCc1ccc(-c2ccccc2)c(OCCCCl)c1. The molecule has 0 heterocycles. The number of rotatable bonds is 7. The first-order valence-electron chi connectivity index (χ1n) is 8.73. The van der Waals surface area contributed by atoms with E-state index in [1.807, 2.05) is 69.3 Å². The Morgan fingerprint density at radius 3 is 2.50 bits per heavy atom. The first-order chi connectivity index (χ1) is 12.4. The molecule has 2 aromatic carbocycles. The summed E-state index contributed by atoms with van der Waals surface area (Å²) < 4.78 is 11.2. The predicted octanol–water partition coefficient (Wildman–Crippen LogP) is 5.39. The molecule has 2 rings (SSSR count). The minimum absolute atomic E-state index is 0.371. The van der Waals surface area contributed by atoms with Crippen LogP contribution < -0.4 is 10.1 Å². The zero-order valence-electron chi connectivity index (χ0n) is 15.5. The minimum Gasteiger partial charge on any atom is -0.493 e. The lowest BCUT2D eigenvalue weighted by molar-refractivity contribution is 0.0523. The summed E-state index contributed by atoms with van der Waals surface area (Å²) >= 11 is 5.75. The molecule has 140 valence electrons. The molecule has 1 amide bonds. The van der Waals surface area contributed by atoms with Gasteiger partial charge in [-0.1, -0.05) is 42.5 Å². The zero-order valence-corrected chi connectivity index (χ0v) is 16.3. The lowest BCUT2D eigenvalue weighted by Crippen LogP contribution is -2.32. The molecule has 0 spiro atoms. The van der Waals surface area contributed by atoms with Crippen LogP contribution in [0.1, 0.15) is 32.8 Å². The molecule has 0 saturated carbocycles. The largest absolute Gasteiger partial charge is 0.493 e. The average Bonchev–Trinajstić information content (AvgIpc) is 2.60. The summed E-state index contributed by atoms with van der Waals surface area (Å²) in [5, 5.41) is 2.77. The molecular weight excluding hydrogens is 350 g/mol. The van der Waals surface area contributed by atoms with Crippen molar-refractivity contribution in [2.45, 2.75) is 39.3 Å². The average molecular weight is 376 g/mol. The Kier molecular flexibility index (Phi) is 7.34. The molecule has 0 aliphatic rings. The van der Waals surface area contributed by atoms with E-state index in [0.29, 0.717) is 19.0 Å².